The first kappa shape index (κ1) is 13.5. The van der Waals surface area contributed by atoms with Gasteiger partial charge in [0.05, 0.1) is 12.7 Å². The topological polar surface area (TPSA) is 38.7 Å². The van der Waals surface area contributed by atoms with E-state index in [9.17, 15) is 0 Å². The summed E-state index contributed by atoms with van der Waals surface area (Å²) >= 11 is 0. The molecule has 1 aliphatic heterocycles. The van der Waals surface area contributed by atoms with Gasteiger partial charge in [-0.1, -0.05) is 30.3 Å². The summed E-state index contributed by atoms with van der Waals surface area (Å²) in [6, 6.07) is 10.3. The number of ether oxygens (including phenoxy) is 2. The molecule has 18 heavy (non-hydrogen) atoms. The smallest absolute Gasteiger partial charge is 0.170 e. The molecule has 1 N–H and O–H groups in total. The van der Waals surface area contributed by atoms with Crippen molar-refractivity contribution in [3.8, 4) is 0 Å². The van der Waals surface area contributed by atoms with Crippen LogP contribution >= 0.6 is 0 Å². The zero-order valence-electron chi connectivity index (χ0n) is 11.0. The zero-order chi connectivity index (χ0) is 12.8. The lowest BCUT2D eigenvalue weighted by Gasteiger charge is -2.23. The summed E-state index contributed by atoms with van der Waals surface area (Å²) in [4.78, 5) is 0. The molecule has 2 rings (SSSR count). The van der Waals surface area contributed by atoms with E-state index < -0.39 is 5.79 Å². The van der Waals surface area contributed by atoms with Crippen molar-refractivity contribution in [2.75, 3.05) is 13.2 Å². The molecule has 0 bridgehead atoms. The number of hydrogen-bond donors (Lipinski definition) is 1. The monoisotopic (exact) mass is 250 g/mol. The minimum atomic E-state index is -0.495. The molecule has 1 fully saturated rings. The number of rotatable bonds is 6. The van der Waals surface area contributed by atoms with E-state index in [-0.39, 0.29) is 12.7 Å². The number of aliphatic hydroxyl groups excluding tert-OH is 1. The SMILES string of the molecule is C[C@@]1(Cc2ccccc2)OC[C@H](CCCCO)O1. The van der Waals surface area contributed by atoms with Gasteiger partial charge in [-0.15, -0.1) is 0 Å². The normalized spacial score (nSPS) is 27.6. The number of aliphatic hydroxyl groups is 1. The van der Waals surface area contributed by atoms with Crippen LogP contribution in [0, 0.1) is 0 Å². The molecule has 1 aromatic rings. The fraction of sp³-hybridized carbons (Fsp3) is 0.600. The number of hydrogen-bond acceptors (Lipinski definition) is 3. The fourth-order valence-electron chi connectivity index (χ4n) is 2.38. The van der Waals surface area contributed by atoms with Crippen LogP contribution in [0.4, 0.5) is 0 Å². The van der Waals surface area contributed by atoms with Crippen LogP contribution < -0.4 is 0 Å². The van der Waals surface area contributed by atoms with Crippen LogP contribution in [0.25, 0.3) is 0 Å². The average Bonchev–Trinajstić information content (AvgIpc) is 2.72. The van der Waals surface area contributed by atoms with Crippen LogP contribution in [-0.2, 0) is 15.9 Å². The van der Waals surface area contributed by atoms with Gasteiger partial charge >= 0.3 is 0 Å². The van der Waals surface area contributed by atoms with Gasteiger partial charge in [-0.3, -0.25) is 0 Å². The molecule has 1 heterocycles. The standard InChI is InChI=1S/C15H22O3/c1-15(11-13-7-3-2-4-8-13)17-12-14(18-15)9-5-6-10-16/h2-4,7-8,14,16H,5-6,9-12H2,1H3/t14-,15+/m0/s1. The van der Waals surface area contributed by atoms with Gasteiger partial charge in [-0.25, -0.2) is 0 Å². The highest BCUT2D eigenvalue weighted by Gasteiger charge is 2.36. The van der Waals surface area contributed by atoms with Crippen LogP contribution in [0.3, 0.4) is 0 Å². The third kappa shape index (κ3) is 3.80. The van der Waals surface area contributed by atoms with Gasteiger partial charge in [0.1, 0.15) is 0 Å². The molecule has 0 unspecified atom stereocenters. The molecule has 0 saturated carbocycles. The summed E-state index contributed by atoms with van der Waals surface area (Å²) in [5, 5.41) is 8.77. The van der Waals surface area contributed by atoms with Crippen molar-refractivity contribution in [2.24, 2.45) is 0 Å². The molecule has 3 nitrogen and oxygen atoms in total. The van der Waals surface area contributed by atoms with Crippen molar-refractivity contribution < 1.29 is 14.6 Å². The Bertz CT molecular complexity index is 352. The summed E-state index contributed by atoms with van der Waals surface area (Å²) in [5.41, 5.74) is 1.23. The highest BCUT2D eigenvalue weighted by molar-refractivity contribution is 5.16. The van der Waals surface area contributed by atoms with E-state index in [0.717, 1.165) is 25.7 Å². The van der Waals surface area contributed by atoms with Crippen LogP contribution in [-0.4, -0.2) is 30.2 Å². The van der Waals surface area contributed by atoms with Crippen molar-refractivity contribution in [3.05, 3.63) is 35.9 Å². The Morgan fingerprint density at radius 3 is 2.78 bits per heavy atom. The molecule has 3 heteroatoms. The first-order chi connectivity index (χ1) is 8.72. The van der Waals surface area contributed by atoms with E-state index >= 15 is 0 Å². The maximum absolute atomic E-state index is 8.77. The molecule has 0 radical (unpaired) electrons. The third-order valence-corrected chi connectivity index (χ3v) is 3.29. The summed E-state index contributed by atoms with van der Waals surface area (Å²) in [6.07, 6.45) is 3.75. The predicted octanol–water partition coefficient (Wildman–Crippen LogP) is 2.52. The molecular formula is C15H22O3. The van der Waals surface area contributed by atoms with Gasteiger partial charge in [0.15, 0.2) is 5.79 Å². The Kier molecular flexibility index (Phi) is 4.75. The lowest BCUT2D eigenvalue weighted by atomic mass is 10.1. The third-order valence-electron chi connectivity index (χ3n) is 3.29. The highest BCUT2D eigenvalue weighted by atomic mass is 16.7. The summed E-state index contributed by atoms with van der Waals surface area (Å²) in [6.45, 7) is 2.93. The second-order valence-corrected chi connectivity index (χ2v) is 5.07. The van der Waals surface area contributed by atoms with Gasteiger partial charge in [0, 0.05) is 13.0 Å². The fourth-order valence-corrected chi connectivity index (χ4v) is 2.38. The minimum absolute atomic E-state index is 0.172. The van der Waals surface area contributed by atoms with Crippen LogP contribution in [0.1, 0.15) is 31.7 Å². The van der Waals surface area contributed by atoms with E-state index in [4.69, 9.17) is 14.6 Å². The van der Waals surface area contributed by atoms with Gasteiger partial charge in [-0.2, -0.15) is 0 Å². The molecule has 1 saturated heterocycles. The van der Waals surface area contributed by atoms with Crippen molar-refractivity contribution in [1.82, 2.24) is 0 Å². The average molecular weight is 250 g/mol. The predicted molar refractivity (Wildman–Crippen MR) is 70.3 cm³/mol. The summed E-state index contributed by atoms with van der Waals surface area (Å²) in [7, 11) is 0. The van der Waals surface area contributed by atoms with E-state index in [1.165, 1.54) is 5.56 Å². The molecule has 2 atom stereocenters. The Morgan fingerprint density at radius 1 is 1.28 bits per heavy atom. The first-order valence-electron chi connectivity index (χ1n) is 6.68. The summed E-state index contributed by atoms with van der Waals surface area (Å²) in [5.74, 6) is -0.495. The molecule has 0 aliphatic carbocycles. The Hall–Kier alpha value is -0.900. The van der Waals surface area contributed by atoms with Gasteiger partial charge in [0.25, 0.3) is 0 Å². The first-order valence-corrected chi connectivity index (χ1v) is 6.68. The molecule has 0 amide bonds. The molecular weight excluding hydrogens is 228 g/mol. The molecule has 0 spiro atoms. The largest absolute Gasteiger partial charge is 0.396 e. The molecule has 0 aromatic heterocycles. The Morgan fingerprint density at radius 2 is 2.06 bits per heavy atom. The lowest BCUT2D eigenvalue weighted by molar-refractivity contribution is -0.153. The number of unbranched alkanes of at least 4 members (excludes halogenated alkanes) is 1. The molecule has 1 aliphatic rings. The van der Waals surface area contributed by atoms with E-state index in [2.05, 4.69) is 12.1 Å². The van der Waals surface area contributed by atoms with Crippen LogP contribution in [0.2, 0.25) is 0 Å². The Balaban J connectivity index is 1.82. The van der Waals surface area contributed by atoms with Crippen LogP contribution in [0.5, 0.6) is 0 Å². The zero-order valence-corrected chi connectivity index (χ0v) is 11.0. The van der Waals surface area contributed by atoms with E-state index in [0.29, 0.717) is 6.61 Å². The van der Waals surface area contributed by atoms with Gasteiger partial charge in [0.2, 0.25) is 0 Å². The van der Waals surface area contributed by atoms with Gasteiger partial charge < -0.3 is 14.6 Å². The van der Waals surface area contributed by atoms with Crippen molar-refractivity contribution in [1.29, 1.82) is 0 Å². The molecule has 100 valence electrons. The number of benzene rings is 1. The Labute approximate surface area is 109 Å². The second-order valence-electron chi connectivity index (χ2n) is 5.07. The van der Waals surface area contributed by atoms with Crippen molar-refractivity contribution in [2.45, 2.75) is 44.5 Å². The second kappa shape index (κ2) is 6.32. The minimum Gasteiger partial charge on any atom is -0.396 e. The lowest BCUT2D eigenvalue weighted by Crippen LogP contribution is -2.29. The van der Waals surface area contributed by atoms with E-state index in [1.807, 2.05) is 25.1 Å². The van der Waals surface area contributed by atoms with Crippen molar-refractivity contribution >= 4 is 0 Å². The van der Waals surface area contributed by atoms with Crippen molar-refractivity contribution in [3.63, 3.8) is 0 Å². The molecule has 1 aromatic carbocycles. The van der Waals surface area contributed by atoms with Gasteiger partial charge in [-0.05, 0) is 31.7 Å². The highest BCUT2D eigenvalue weighted by Crippen LogP contribution is 2.29. The maximum Gasteiger partial charge on any atom is 0.170 e. The van der Waals surface area contributed by atoms with Crippen LogP contribution in [0.15, 0.2) is 30.3 Å². The quantitative estimate of drug-likeness (QED) is 0.788. The summed E-state index contributed by atoms with van der Waals surface area (Å²) < 4.78 is 11.8. The maximum atomic E-state index is 8.77. The van der Waals surface area contributed by atoms with E-state index in [1.54, 1.807) is 0 Å².